The van der Waals surface area contributed by atoms with E-state index in [0.717, 1.165) is 23.4 Å². The molecule has 1 aliphatic carbocycles. The molecule has 3 nitrogen and oxygen atoms in total. The molecule has 3 heteroatoms. The van der Waals surface area contributed by atoms with Crippen LogP contribution in [-0.4, -0.2) is 11.1 Å². The van der Waals surface area contributed by atoms with Crippen LogP contribution in [0, 0.1) is 11.3 Å². The van der Waals surface area contributed by atoms with Gasteiger partial charge in [0.2, 0.25) is 0 Å². The predicted molar refractivity (Wildman–Crippen MR) is 68.2 cm³/mol. The molecule has 92 valence electrons. The van der Waals surface area contributed by atoms with Crippen molar-refractivity contribution >= 4 is 12.0 Å². The number of allylic oxidation sites excluding steroid dienone is 1. The number of aliphatic carboxylic acids is 1. The molecule has 1 heterocycles. The third-order valence-electron chi connectivity index (χ3n) is 3.93. The molecule has 2 aliphatic rings. The van der Waals surface area contributed by atoms with Crippen molar-refractivity contribution in [2.75, 3.05) is 0 Å². The Morgan fingerprint density at radius 2 is 2.22 bits per heavy atom. The Morgan fingerprint density at radius 1 is 1.39 bits per heavy atom. The Kier molecular flexibility index (Phi) is 2.54. The van der Waals surface area contributed by atoms with Crippen LogP contribution in [0.3, 0.4) is 0 Å². The lowest BCUT2D eigenvalue weighted by molar-refractivity contribution is -0.141. The van der Waals surface area contributed by atoms with Crippen molar-refractivity contribution in [3.8, 4) is 0 Å². The van der Waals surface area contributed by atoms with Crippen LogP contribution in [0.15, 0.2) is 41.5 Å². The lowest BCUT2D eigenvalue weighted by Gasteiger charge is -2.19. The third-order valence-corrected chi connectivity index (χ3v) is 3.93. The van der Waals surface area contributed by atoms with Crippen LogP contribution in [0.1, 0.15) is 19.3 Å². The number of benzene rings is 1. The molecule has 1 aliphatic heterocycles. The van der Waals surface area contributed by atoms with Gasteiger partial charge in [0.05, 0.1) is 11.3 Å². The Morgan fingerprint density at radius 3 is 3.00 bits per heavy atom. The average Bonchev–Trinajstić information content (AvgIpc) is 2.67. The quantitative estimate of drug-likeness (QED) is 0.809. The Bertz CT molecular complexity index is 632. The molecule has 1 fully saturated rings. The zero-order valence-electron chi connectivity index (χ0n) is 10.0. The number of fused-ring (bicyclic) bond motifs is 1. The minimum absolute atomic E-state index is 0.126. The van der Waals surface area contributed by atoms with Crippen LogP contribution in [0.4, 0.5) is 0 Å². The maximum atomic E-state index is 11.1. The normalized spacial score (nSPS) is 29.2. The fourth-order valence-electron chi connectivity index (χ4n) is 2.95. The van der Waals surface area contributed by atoms with Gasteiger partial charge in [0.15, 0.2) is 0 Å². The largest absolute Gasteiger partial charge is 0.481 e. The minimum atomic E-state index is -0.678. The van der Waals surface area contributed by atoms with Gasteiger partial charge in [-0.1, -0.05) is 30.4 Å². The van der Waals surface area contributed by atoms with Crippen molar-refractivity contribution in [3.63, 3.8) is 0 Å². The Labute approximate surface area is 105 Å². The molecule has 2 atom stereocenters. The molecular formula is C15H15NO2. The monoisotopic (exact) mass is 241 g/mol. The van der Waals surface area contributed by atoms with Crippen LogP contribution in [0.2, 0.25) is 0 Å². The van der Waals surface area contributed by atoms with Crippen molar-refractivity contribution in [2.45, 2.75) is 19.3 Å². The van der Waals surface area contributed by atoms with Crippen LogP contribution in [-0.2, 0) is 4.79 Å². The Balaban J connectivity index is 2.06. The first-order valence-electron chi connectivity index (χ1n) is 6.25. The molecule has 1 aromatic rings. The van der Waals surface area contributed by atoms with Crippen LogP contribution in [0.5, 0.6) is 0 Å². The van der Waals surface area contributed by atoms with E-state index in [1.54, 1.807) is 0 Å². The van der Waals surface area contributed by atoms with Crippen LogP contribution < -0.4 is 10.6 Å². The van der Waals surface area contributed by atoms with E-state index in [2.05, 4.69) is 17.1 Å². The second-order valence-corrected chi connectivity index (χ2v) is 5.16. The fraction of sp³-hybridized carbons (Fsp3) is 0.333. The molecule has 0 amide bonds. The summed E-state index contributed by atoms with van der Waals surface area (Å²) in [5, 5.41) is 11.2. The van der Waals surface area contributed by atoms with E-state index in [-0.39, 0.29) is 11.3 Å². The van der Waals surface area contributed by atoms with Gasteiger partial charge < -0.3 is 5.11 Å². The number of nitrogens with zero attached hydrogens (tertiary/aromatic N) is 1. The molecule has 0 saturated heterocycles. The first kappa shape index (κ1) is 11.2. The summed E-state index contributed by atoms with van der Waals surface area (Å²) in [4.78, 5) is 15.5. The van der Waals surface area contributed by atoms with Crippen molar-refractivity contribution in [3.05, 3.63) is 47.1 Å². The third kappa shape index (κ3) is 1.86. The zero-order valence-corrected chi connectivity index (χ0v) is 10.0. The van der Waals surface area contributed by atoms with Crippen molar-refractivity contribution in [1.82, 2.24) is 0 Å². The molecule has 3 rings (SSSR count). The summed E-state index contributed by atoms with van der Waals surface area (Å²) in [5.74, 6) is -0.903. The van der Waals surface area contributed by atoms with E-state index in [0.29, 0.717) is 6.42 Å². The summed E-state index contributed by atoms with van der Waals surface area (Å²) in [5.41, 5.74) is -0.126. The standard InChI is InChI=1S/C15H15NO2/c17-14(18)12-5-6-15(10-12)7-8-16-13-4-2-1-3-11(13)9-15/h1-4,7-9,12H,5-6,10H2,(H,17,18). The molecule has 2 unspecified atom stereocenters. The highest BCUT2D eigenvalue weighted by molar-refractivity contribution is 5.71. The van der Waals surface area contributed by atoms with Gasteiger partial charge in [-0.2, -0.15) is 0 Å². The molecule has 0 aromatic heterocycles. The topological polar surface area (TPSA) is 49.7 Å². The van der Waals surface area contributed by atoms with Gasteiger partial charge in [-0.25, -0.2) is 0 Å². The molecule has 0 radical (unpaired) electrons. The van der Waals surface area contributed by atoms with E-state index in [9.17, 15) is 4.79 Å². The molecule has 1 spiro atoms. The SMILES string of the molecule is O=C(O)C1CCC2(C=CN=c3ccccc3=C2)C1. The predicted octanol–water partition coefficient (Wildman–Crippen LogP) is 1.49. The average molecular weight is 241 g/mol. The number of para-hydroxylation sites is 1. The fourth-order valence-corrected chi connectivity index (χ4v) is 2.95. The highest BCUT2D eigenvalue weighted by Gasteiger charge is 2.38. The Hall–Kier alpha value is -1.90. The molecule has 1 N–H and O–H groups in total. The van der Waals surface area contributed by atoms with E-state index in [1.807, 2.05) is 30.5 Å². The van der Waals surface area contributed by atoms with Crippen molar-refractivity contribution in [2.24, 2.45) is 16.3 Å². The summed E-state index contributed by atoms with van der Waals surface area (Å²) >= 11 is 0. The first-order chi connectivity index (χ1) is 8.69. The van der Waals surface area contributed by atoms with Crippen molar-refractivity contribution in [1.29, 1.82) is 0 Å². The lowest BCUT2D eigenvalue weighted by atomic mass is 9.84. The van der Waals surface area contributed by atoms with Gasteiger partial charge in [0.1, 0.15) is 0 Å². The van der Waals surface area contributed by atoms with E-state index >= 15 is 0 Å². The maximum absolute atomic E-state index is 11.1. The highest BCUT2D eigenvalue weighted by atomic mass is 16.4. The smallest absolute Gasteiger partial charge is 0.306 e. The summed E-state index contributed by atoms with van der Waals surface area (Å²) in [7, 11) is 0. The van der Waals surface area contributed by atoms with Crippen LogP contribution >= 0.6 is 0 Å². The lowest BCUT2D eigenvalue weighted by Crippen LogP contribution is -2.26. The second kappa shape index (κ2) is 4.09. The van der Waals surface area contributed by atoms with E-state index in [1.165, 1.54) is 0 Å². The summed E-state index contributed by atoms with van der Waals surface area (Å²) in [6.07, 6.45) is 8.41. The second-order valence-electron chi connectivity index (χ2n) is 5.16. The summed E-state index contributed by atoms with van der Waals surface area (Å²) in [6.45, 7) is 0. The van der Waals surface area contributed by atoms with Gasteiger partial charge in [0, 0.05) is 11.6 Å². The number of carboxylic acids is 1. The van der Waals surface area contributed by atoms with E-state index < -0.39 is 5.97 Å². The molecule has 0 bridgehead atoms. The maximum Gasteiger partial charge on any atom is 0.306 e. The molecule has 18 heavy (non-hydrogen) atoms. The molecule has 1 saturated carbocycles. The minimum Gasteiger partial charge on any atom is -0.481 e. The number of rotatable bonds is 1. The number of hydrogen-bond acceptors (Lipinski definition) is 2. The molecular weight excluding hydrogens is 226 g/mol. The van der Waals surface area contributed by atoms with Crippen molar-refractivity contribution < 1.29 is 9.90 Å². The number of hydrogen-bond donors (Lipinski definition) is 1. The number of carboxylic acid groups (broad SMARTS) is 1. The van der Waals surface area contributed by atoms with Gasteiger partial charge in [-0.3, -0.25) is 9.79 Å². The first-order valence-corrected chi connectivity index (χ1v) is 6.25. The summed E-state index contributed by atoms with van der Waals surface area (Å²) < 4.78 is 0. The summed E-state index contributed by atoms with van der Waals surface area (Å²) in [6, 6.07) is 7.99. The van der Waals surface area contributed by atoms with E-state index in [4.69, 9.17) is 5.11 Å². The molecule has 1 aromatic carbocycles. The van der Waals surface area contributed by atoms with Gasteiger partial charge in [0.25, 0.3) is 0 Å². The zero-order chi connectivity index (χ0) is 12.6. The van der Waals surface area contributed by atoms with Gasteiger partial charge in [-0.05, 0) is 30.5 Å². The van der Waals surface area contributed by atoms with Crippen LogP contribution in [0.25, 0.3) is 6.08 Å². The van der Waals surface area contributed by atoms with Gasteiger partial charge in [-0.15, -0.1) is 0 Å². The highest BCUT2D eigenvalue weighted by Crippen LogP contribution is 2.44. The van der Waals surface area contributed by atoms with Gasteiger partial charge >= 0.3 is 5.97 Å². The number of carbonyl (C=O) groups is 1.